The van der Waals surface area contributed by atoms with E-state index in [0.29, 0.717) is 6.04 Å². The highest BCUT2D eigenvalue weighted by Crippen LogP contribution is 2.27. The zero-order valence-electron chi connectivity index (χ0n) is 11.1. The number of rotatable bonds is 3. The molecule has 0 aliphatic carbocycles. The van der Waals surface area contributed by atoms with Crippen LogP contribution in [0.2, 0.25) is 0 Å². The molecule has 1 saturated heterocycles. The zero-order valence-corrected chi connectivity index (χ0v) is 12.7. The summed E-state index contributed by atoms with van der Waals surface area (Å²) >= 11 is 3.51. The van der Waals surface area contributed by atoms with Crippen LogP contribution in [0.25, 0.3) is 0 Å². The number of piperidine rings is 1. The minimum Gasteiger partial charge on any atom is -0.392 e. The monoisotopic (exact) mass is 312 g/mol. The number of aliphatic hydroxyl groups excluding tert-OH is 1. The molecule has 1 heterocycles. The first-order valence-corrected chi connectivity index (χ1v) is 7.21. The van der Waals surface area contributed by atoms with E-state index in [9.17, 15) is 0 Å². The standard InChI is InChI=1S/C14H21BrN2O/c1-16(2)12-5-7-17(8-6-12)13-4-3-11(10-18)14(15)9-13/h3-4,9,12,18H,5-8,10H2,1-2H3. The van der Waals surface area contributed by atoms with Gasteiger partial charge in [0.1, 0.15) is 0 Å². The van der Waals surface area contributed by atoms with Crippen molar-refractivity contribution in [2.24, 2.45) is 0 Å². The van der Waals surface area contributed by atoms with Gasteiger partial charge in [-0.15, -0.1) is 0 Å². The molecule has 0 atom stereocenters. The first-order valence-electron chi connectivity index (χ1n) is 6.42. The Balaban J connectivity index is 2.03. The van der Waals surface area contributed by atoms with Crippen molar-refractivity contribution in [1.29, 1.82) is 0 Å². The van der Waals surface area contributed by atoms with E-state index in [1.807, 2.05) is 6.07 Å². The highest BCUT2D eigenvalue weighted by atomic mass is 79.9. The van der Waals surface area contributed by atoms with Gasteiger partial charge in [-0.3, -0.25) is 0 Å². The molecule has 4 heteroatoms. The van der Waals surface area contributed by atoms with Crippen molar-refractivity contribution >= 4 is 21.6 Å². The van der Waals surface area contributed by atoms with Crippen LogP contribution in [0.15, 0.2) is 22.7 Å². The molecule has 1 aromatic rings. The fourth-order valence-corrected chi connectivity index (χ4v) is 2.99. The summed E-state index contributed by atoms with van der Waals surface area (Å²) in [5.74, 6) is 0. The van der Waals surface area contributed by atoms with E-state index in [4.69, 9.17) is 5.11 Å². The van der Waals surface area contributed by atoms with Crippen LogP contribution in [0.1, 0.15) is 18.4 Å². The lowest BCUT2D eigenvalue weighted by atomic mass is 10.0. The van der Waals surface area contributed by atoms with Crippen LogP contribution >= 0.6 is 15.9 Å². The molecule has 0 bridgehead atoms. The number of hydrogen-bond donors (Lipinski definition) is 1. The Morgan fingerprint density at radius 1 is 1.33 bits per heavy atom. The smallest absolute Gasteiger partial charge is 0.0692 e. The fraction of sp³-hybridized carbons (Fsp3) is 0.571. The fourth-order valence-electron chi connectivity index (χ4n) is 2.50. The molecule has 0 saturated carbocycles. The molecular weight excluding hydrogens is 292 g/mol. The molecule has 0 aromatic heterocycles. The maximum Gasteiger partial charge on any atom is 0.0692 e. The molecule has 2 rings (SSSR count). The molecule has 3 nitrogen and oxygen atoms in total. The molecule has 100 valence electrons. The van der Waals surface area contributed by atoms with E-state index < -0.39 is 0 Å². The van der Waals surface area contributed by atoms with Gasteiger partial charge in [0.05, 0.1) is 6.61 Å². The van der Waals surface area contributed by atoms with Crippen LogP contribution < -0.4 is 4.90 Å². The molecule has 0 radical (unpaired) electrons. The van der Waals surface area contributed by atoms with Crippen molar-refractivity contribution < 1.29 is 5.11 Å². The highest BCUT2D eigenvalue weighted by molar-refractivity contribution is 9.10. The Morgan fingerprint density at radius 3 is 2.50 bits per heavy atom. The van der Waals surface area contributed by atoms with Crippen LogP contribution in [0.4, 0.5) is 5.69 Å². The summed E-state index contributed by atoms with van der Waals surface area (Å²) in [5.41, 5.74) is 2.19. The minimum atomic E-state index is 0.0869. The molecule has 0 spiro atoms. The first-order chi connectivity index (χ1) is 8.61. The number of anilines is 1. The zero-order chi connectivity index (χ0) is 13.1. The Bertz CT molecular complexity index is 401. The maximum atomic E-state index is 9.17. The third-order valence-electron chi connectivity index (χ3n) is 3.77. The number of benzene rings is 1. The van der Waals surface area contributed by atoms with Gasteiger partial charge in [-0.25, -0.2) is 0 Å². The number of hydrogen-bond acceptors (Lipinski definition) is 3. The van der Waals surface area contributed by atoms with Crippen LogP contribution in [0, 0.1) is 0 Å². The van der Waals surface area contributed by atoms with Crippen LogP contribution in [-0.4, -0.2) is 43.2 Å². The lowest BCUT2D eigenvalue weighted by Crippen LogP contribution is -2.41. The van der Waals surface area contributed by atoms with Gasteiger partial charge in [-0.1, -0.05) is 22.0 Å². The van der Waals surface area contributed by atoms with Gasteiger partial charge in [0.25, 0.3) is 0 Å². The van der Waals surface area contributed by atoms with Crippen molar-refractivity contribution in [2.75, 3.05) is 32.1 Å². The van der Waals surface area contributed by atoms with E-state index >= 15 is 0 Å². The third kappa shape index (κ3) is 3.05. The van der Waals surface area contributed by atoms with E-state index in [0.717, 1.165) is 23.1 Å². The topological polar surface area (TPSA) is 26.7 Å². The maximum absolute atomic E-state index is 9.17. The Hall–Kier alpha value is -0.580. The van der Waals surface area contributed by atoms with Crippen molar-refractivity contribution in [3.8, 4) is 0 Å². The van der Waals surface area contributed by atoms with Gasteiger partial charge >= 0.3 is 0 Å². The predicted molar refractivity (Wildman–Crippen MR) is 79.0 cm³/mol. The second-order valence-corrected chi connectivity index (χ2v) is 5.97. The van der Waals surface area contributed by atoms with Gasteiger partial charge in [-0.2, -0.15) is 0 Å². The van der Waals surface area contributed by atoms with E-state index in [1.54, 1.807) is 0 Å². The van der Waals surface area contributed by atoms with Crippen molar-refractivity contribution in [3.05, 3.63) is 28.2 Å². The summed E-state index contributed by atoms with van der Waals surface area (Å²) < 4.78 is 0.997. The van der Waals surface area contributed by atoms with Gasteiger partial charge in [-0.05, 0) is 44.6 Å². The molecule has 1 aromatic carbocycles. The van der Waals surface area contributed by atoms with Crippen molar-refractivity contribution in [1.82, 2.24) is 4.90 Å². The van der Waals surface area contributed by atoms with Gasteiger partial charge in [0.15, 0.2) is 0 Å². The summed E-state index contributed by atoms with van der Waals surface area (Å²) in [7, 11) is 4.32. The van der Waals surface area contributed by atoms with Crippen molar-refractivity contribution in [2.45, 2.75) is 25.5 Å². The quantitative estimate of drug-likeness (QED) is 0.929. The number of aliphatic hydroxyl groups is 1. The predicted octanol–water partition coefficient (Wildman–Crippen LogP) is 2.47. The SMILES string of the molecule is CN(C)C1CCN(c2ccc(CO)c(Br)c2)CC1. The summed E-state index contributed by atoms with van der Waals surface area (Å²) in [6.45, 7) is 2.30. The molecule has 1 aliphatic heterocycles. The second kappa shape index (κ2) is 6.04. The molecule has 18 heavy (non-hydrogen) atoms. The van der Waals surface area contributed by atoms with Gasteiger partial charge < -0.3 is 14.9 Å². The summed E-state index contributed by atoms with van der Waals surface area (Å²) in [5, 5.41) is 9.17. The van der Waals surface area contributed by atoms with Gasteiger partial charge in [0.2, 0.25) is 0 Å². The normalized spacial score (nSPS) is 17.5. The van der Waals surface area contributed by atoms with E-state index in [1.165, 1.54) is 18.5 Å². The lowest BCUT2D eigenvalue weighted by Gasteiger charge is -2.36. The molecule has 0 unspecified atom stereocenters. The molecule has 0 amide bonds. The average Bonchev–Trinajstić information content (AvgIpc) is 2.38. The minimum absolute atomic E-state index is 0.0869. The Kier molecular flexibility index (Phi) is 4.65. The number of halogens is 1. The first kappa shape index (κ1) is 13.8. The summed E-state index contributed by atoms with van der Waals surface area (Å²) in [4.78, 5) is 4.74. The van der Waals surface area contributed by atoms with E-state index in [2.05, 4.69) is 52.0 Å². The van der Waals surface area contributed by atoms with Crippen molar-refractivity contribution in [3.63, 3.8) is 0 Å². The van der Waals surface area contributed by atoms with Crippen LogP contribution in [0.5, 0.6) is 0 Å². The second-order valence-electron chi connectivity index (χ2n) is 5.12. The van der Waals surface area contributed by atoms with Crippen LogP contribution in [-0.2, 0) is 6.61 Å². The molecule has 1 aliphatic rings. The Labute approximate surface area is 118 Å². The molecule has 1 N–H and O–H groups in total. The van der Waals surface area contributed by atoms with Gasteiger partial charge in [0, 0.05) is 29.3 Å². The number of nitrogens with zero attached hydrogens (tertiary/aromatic N) is 2. The Morgan fingerprint density at radius 2 is 2.00 bits per heavy atom. The average molecular weight is 313 g/mol. The molecular formula is C14H21BrN2O. The summed E-state index contributed by atoms with van der Waals surface area (Å²) in [6.07, 6.45) is 2.43. The largest absolute Gasteiger partial charge is 0.392 e. The highest BCUT2D eigenvalue weighted by Gasteiger charge is 2.20. The van der Waals surface area contributed by atoms with E-state index in [-0.39, 0.29) is 6.61 Å². The third-order valence-corrected chi connectivity index (χ3v) is 4.51. The molecule has 1 fully saturated rings. The lowest BCUT2D eigenvalue weighted by molar-refractivity contribution is 0.249. The summed E-state index contributed by atoms with van der Waals surface area (Å²) in [6, 6.07) is 6.92. The van der Waals surface area contributed by atoms with Crippen LogP contribution in [0.3, 0.4) is 0 Å².